The third-order valence-corrected chi connectivity index (χ3v) is 7.02. The van der Waals surface area contributed by atoms with E-state index in [-0.39, 0.29) is 23.7 Å². The van der Waals surface area contributed by atoms with Gasteiger partial charge in [-0.15, -0.1) is 0 Å². The first-order chi connectivity index (χ1) is 14.1. The molecule has 0 N–H and O–H groups in total. The van der Waals surface area contributed by atoms with E-state index in [1.807, 2.05) is 16.7 Å². The van der Waals surface area contributed by atoms with Crippen molar-refractivity contribution < 1.29 is 9.59 Å². The SMILES string of the molecule is Cc1ncnc(N2CCN(C(=O)[C@H]3CCCC[C@H]3C(=O)N3CCCC3)CC2)c1C. The van der Waals surface area contributed by atoms with Crippen LogP contribution in [-0.4, -0.2) is 70.9 Å². The van der Waals surface area contributed by atoms with Crippen LogP contribution in [0.2, 0.25) is 0 Å². The normalized spacial score (nSPS) is 25.4. The topological polar surface area (TPSA) is 69.6 Å². The van der Waals surface area contributed by atoms with Gasteiger partial charge in [-0.3, -0.25) is 9.59 Å². The average molecular weight is 400 g/mol. The van der Waals surface area contributed by atoms with Gasteiger partial charge in [-0.1, -0.05) is 12.8 Å². The highest BCUT2D eigenvalue weighted by molar-refractivity contribution is 5.88. The van der Waals surface area contributed by atoms with Crippen LogP contribution >= 0.6 is 0 Å². The van der Waals surface area contributed by atoms with Crippen LogP contribution in [0.3, 0.4) is 0 Å². The van der Waals surface area contributed by atoms with Gasteiger partial charge in [-0.05, 0) is 39.5 Å². The van der Waals surface area contributed by atoms with E-state index in [0.717, 1.165) is 81.8 Å². The van der Waals surface area contributed by atoms with E-state index in [1.165, 1.54) is 0 Å². The smallest absolute Gasteiger partial charge is 0.226 e. The first-order valence-electron chi connectivity index (χ1n) is 11.2. The Morgan fingerprint density at radius 3 is 1.93 bits per heavy atom. The summed E-state index contributed by atoms with van der Waals surface area (Å²) in [7, 11) is 0. The highest BCUT2D eigenvalue weighted by Gasteiger charge is 2.40. The Hall–Kier alpha value is -2.18. The van der Waals surface area contributed by atoms with Crippen molar-refractivity contribution in [2.75, 3.05) is 44.2 Å². The number of carbonyl (C=O) groups excluding carboxylic acids is 2. The van der Waals surface area contributed by atoms with Gasteiger partial charge in [0.15, 0.2) is 0 Å². The van der Waals surface area contributed by atoms with Crippen molar-refractivity contribution in [2.45, 2.75) is 52.4 Å². The first-order valence-corrected chi connectivity index (χ1v) is 11.2. The molecular weight excluding hydrogens is 366 g/mol. The first kappa shape index (κ1) is 20.1. The van der Waals surface area contributed by atoms with Gasteiger partial charge in [-0.25, -0.2) is 9.97 Å². The zero-order valence-corrected chi connectivity index (χ0v) is 17.8. The second-order valence-corrected chi connectivity index (χ2v) is 8.75. The number of hydrogen-bond donors (Lipinski definition) is 0. The molecule has 7 nitrogen and oxygen atoms in total. The van der Waals surface area contributed by atoms with Crippen LogP contribution in [-0.2, 0) is 9.59 Å². The maximum Gasteiger partial charge on any atom is 0.226 e. The molecule has 3 fully saturated rings. The number of rotatable bonds is 3. The van der Waals surface area contributed by atoms with E-state index in [2.05, 4.69) is 21.8 Å². The molecule has 2 saturated heterocycles. The molecule has 2 amide bonds. The summed E-state index contributed by atoms with van der Waals surface area (Å²) in [5.41, 5.74) is 2.11. The molecule has 0 unspecified atom stereocenters. The van der Waals surface area contributed by atoms with E-state index >= 15 is 0 Å². The molecule has 7 heteroatoms. The van der Waals surface area contributed by atoms with Crippen molar-refractivity contribution in [1.29, 1.82) is 0 Å². The lowest BCUT2D eigenvalue weighted by Crippen LogP contribution is -2.53. The van der Waals surface area contributed by atoms with Crippen molar-refractivity contribution in [3.8, 4) is 0 Å². The van der Waals surface area contributed by atoms with Crippen molar-refractivity contribution in [3.63, 3.8) is 0 Å². The van der Waals surface area contributed by atoms with Crippen molar-refractivity contribution in [3.05, 3.63) is 17.6 Å². The van der Waals surface area contributed by atoms with Gasteiger partial charge >= 0.3 is 0 Å². The summed E-state index contributed by atoms with van der Waals surface area (Å²) in [6, 6.07) is 0. The molecule has 4 rings (SSSR count). The molecule has 1 aromatic rings. The molecule has 1 aliphatic carbocycles. The molecule has 0 radical (unpaired) electrons. The number of amides is 2. The second-order valence-electron chi connectivity index (χ2n) is 8.75. The summed E-state index contributed by atoms with van der Waals surface area (Å²) in [6.07, 6.45) is 7.65. The van der Waals surface area contributed by atoms with Crippen LogP contribution in [0, 0.1) is 25.7 Å². The van der Waals surface area contributed by atoms with Crippen LogP contribution in [0.15, 0.2) is 6.33 Å². The van der Waals surface area contributed by atoms with Gasteiger partial charge in [-0.2, -0.15) is 0 Å². The fourth-order valence-corrected chi connectivity index (χ4v) is 5.11. The van der Waals surface area contributed by atoms with Crippen LogP contribution in [0.25, 0.3) is 0 Å². The van der Waals surface area contributed by atoms with Crippen molar-refractivity contribution >= 4 is 17.6 Å². The summed E-state index contributed by atoms with van der Waals surface area (Å²) in [5, 5.41) is 0. The van der Waals surface area contributed by atoms with E-state index in [4.69, 9.17) is 0 Å². The zero-order valence-electron chi connectivity index (χ0n) is 17.8. The largest absolute Gasteiger partial charge is 0.353 e. The Morgan fingerprint density at radius 2 is 1.34 bits per heavy atom. The quantitative estimate of drug-likeness (QED) is 0.779. The summed E-state index contributed by atoms with van der Waals surface area (Å²) in [5.74, 6) is 1.15. The van der Waals surface area contributed by atoms with E-state index < -0.39 is 0 Å². The molecular formula is C22H33N5O2. The highest BCUT2D eigenvalue weighted by atomic mass is 16.2. The van der Waals surface area contributed by atoms with Crippen LogP contribution in [0.1, 0.15) is 49.8 Å². The lowest BCUT2D eigenvalue weighted by atomic mass is 9.77. The Morgan fingerprint density at radius 1 is 0.793 bits per heavy atom. The molecule has 1 saturated carbocycles. The Kier molecular flexibility index (Phi) is 6.01. The minimum Gasteiger partial charge on any atom is -0.353 e. The molecule has 1 aromatic heterocycles. The molecule has 3 aliphatic rings. The number of anilines is 1. The fourth-order valence-electron chi connectivity index (χ4n) is 5.11. The van der Waals surface area contributed by atoms with E-state index in [0.29, 0.717) is 13.1 Å². The number of aryl methyl sites for hydroxylation is 1. The van der Waals surface area contributed by atoms with Gasteiger partial charge in [0, 0.05) is 62.4 Å². The monoisotopic (exact) mass is 399 g/mol. The average Bonchev–Trinajstić information content (AvgIpc) is 3.30. The maximum absolute atomic E-state index is 13.4. The summed E-state index contributed by atoms with van der Waals surface area (Å²) < 4.78 is 0. The predicted molar refractivity (Wildman–Crippen MR) is 112 cm³/mol. The third-order valence-electron chi connectivity index (χ3n) is 7.02. The number of nitrogens with zero attached hydrogens (tertiary/aromatic N) is 5. The van der Waals surface area contributed by atoms with Crippen LogP contribution in [0.5, 0.6) is 0 Å². The van der Waals surface area contributed by atoms with Gasteiger partial charge in [0.1, 0.15) is 12.1 Å². The van der Waals surface area contributed by atoms with Crippen molar-refractivity contribution in [2.24, 2.45) is 11.8 Å². The maximum atomic E-state index is 13.4. The standard InChI is InChI=1S/C22H33N5O2/c1-16-17(2)23-15-24-20(16)25-11-13-27(14-12-25)22(29)19-8-4-3-7-18(19)21(28)26-9-5-6-10-26/h15,18-19H,3-14H2,1-2H3/t18-,19+/m1/s1. The zero-order chi connectivity index (χ0) is 20.4. The van der Waals surface area contributed by atoms with Gasteiger partial charge < -0.3 is 14.7 Å². The molecule has 0 bridgehead atoms. The lowest BCUT2D eigenvalue weighted by Gasteiger charge is -2.40. The van der Waals surface area contributed by atoms with Gasteiger partial charge in [0.05, 0.1) is 0 Å². The number of aromatic nitrogens is 2. The summed E-state index contributed by atoms with van der Waals surface area (Å²) in [6.45, 7) is 8.74. The van der Waals surface area contributed by atoms with Gasteiger partial charge in [0.2, 0.25) is 11.8 Å². The fraction of sp³-hybridized carbons (Fsp3) is 0.727. The predicted octanol–water partition coefficient (Wildman–Crippen LogP) is 2.17. The molecule has 158 valence electrons. The molecule has 2 atom stereocenters. The van der Waals surface area contributed by atoms with E-state index in [1.54, 1.807) is 6.33 Å². The molecule has 29 heavy (non-hydrogen) atoms. The van der Waals surface area contributed by atoms with E-state index in [9.17, 15) is 9.59 Å². The van der Waals surface area contributed by atoms with Gasteiger partial charge in [0.25, 0.3) is 0 Å². The molecule has 0 spiro atoms. The molecule has 3 heterocycles. The third kappa shape index (κ3) is 4.09. The summed E-state index contributed by atoms with van der Waals surface area (Å²) >= 11 is 0. The minimum absolute atomic E-state index is 0.112. The Balaban J connectivity index is 1.40. The van der Waals surface area contributed by atoms with Crippen molar-refractivity contribution in [1.82, 2.24) is 19.8 Å². The highest BCUT2D eigenvalue weighted by Crippen LogP contribution is 2.34. The van der Waals surface area contributed by atoms with Crippen LogP contribution in [0.4, 0.5) is 5.82 Å². The molecule has 2 aliphatic heterocycles. The Bertz CT molecular complexity index is 754. The number of likely N-dealkylation sites (tertiary alicyclic amines) is 1. The minimum atomic E-state index is -0.133. The second kappa shape index (κ2) is 8.67. The number of carbonyl (C=O) groups is 2. The molecule has 0 aromatic carbocycles. The number of piperazine rings is 1. The summed E-state index contributed by atoms with van der Waals surface area (Å²) in [4.78, 5) is 41.3. The number of hydrogen-bond acceptors (Lipinski definition) is 5. The van der Waals surface area contributed by atoms with Crippen LogP contribution < -0.4 is 4.90 Å². The lowest BCUT2D eigenvalue weighted by molar-refractivity contribution is -0.147. The Labute approximate surface area is 173 Å².